The highest BCUT2D eigenvalue weighted by Gasteiger charge is 2.38. The van der Waals surface area contributed by atoms with Gasteiger partial charge in [0.1, 0.15) is 5.75 Å². The molecule has 0 bridgehead atoms. The minimum Gasteiger partial charge on any atom is -0.497 e. The normalized spacial score (nSPS) is 18.9. The number of likely N-dealkylation sites (tertiary alicyclic amines) is 1. The molecule has 0 N–H and O–H groups in total. The van der Waals surface area contributed by atoms with Crippen molar-refractivity contribution in [2.45, 2.75) is 31.7 Å². The maximum absolute atomic E-state index is 12.8. The molecule has 1 unspecified atom stereocenters. The monoisotopic (exact) mass is 391 g/mol. The summed E-state index contributed by atoms with van der Waals surface area (Å²) in [4.78, 5) is 27.1. The Balaban J connectivity index is 1.54. The minimum atomic E-state index is -0.195. The number of carbonyl (C=O) groups is 2. The molecule has 1 saturated heterocycles. The van der Waals surface area contributed by atoms with E-state index in [2.05, 4.69) is 5.10 Å². The van der Waals surface area contributed by atoms with Crippen molar-refractivity contribution in [3.63, 3.8) is 0 Å². The van der Waals surface area contributed by atoms with Gasteiger partial charge in [-0.2, -0.15) is 5.10 Å². The number of carbonyl (C=O) groups excluding carboxylic acids is 2. The fourth-order valence-electron chi connectivity index (χ4n) is 3.93. The van der Waals surface area contributed by atoms with Crippen molar-refractivity contribution in [1.29, 1.82) is 0 Å². The van der Waals surface area contributed by atoms with Crippen LogP contribution in [-0.2, 0) is 16.0 Å². The standard InChI is InChI=1S/C23H25N3O3/c1-29-19-12-10-18(11-13-19)23-20(25-15-5-8-21(25)27)16-26(24-23)22(28)14-9-17-6-3-2-4-7-17/h2-4,6-7,10-13,20H,5,8-9,14-16H2,1H3. The average Bonchev–Trinajstić information content (AvgIpc) is 3.39. The number of nitrogens with zero attached hydrogens (tertiary/aromatic N) is 3. The summed E-state index contributed by atoms with van der Waals surface area (Å²) >= 11 is 0. The van der Waals surface area contributed by atoms with Crippen LogP contribution in [0.15, 0.2) is 59.7 Å². The van der Waals surface area contributed by atoms with Crippen LogP contribution in [0, 0.1) is 0 Å². The number of rotatable bonds is 6. The van der Waals surface area contributed by atoms with Crippen molar-refractivity contribution >= 4 is 17.5 Å². The van der Waals surface area contributed by atoms with Crippen molar-refractivity contribution in [1.82, 2.24) is 9.91 Å². The summed E-state index contributed by atoms with van der Waals surface area (Å²) in [7, 11) is 1.63. The maximum atomic E-state index is 12.8. The van der Waals surface area contributed by atoms with Gasteiger partial charge in [0, 0.05) is 24.9 Å². The molecule has 150 valence electrons. The van der Waals surface area contributed by atoms with E-state index >= 15 is 0 Å². The van der Waals surface area contributed by atoms with Crippen molar-refractivity contribution in [3.05, 3.63) is 65.7 Å². The molecular formula is C23H25N3O3. The lowest BCUT2D eigenvalue weighted by Crippen LogP contribution is -2.44. The zero-order valence-corrected chi connectivity index (χ0v) is 16.6. The van der Waals surface area contributed by atoms with Crippen LogP contribution in [0.2, 0.25) is 0 Å². The van der Waals surface area contributed by atoms with E-state index in [9.17, 15) is 9.59 Å². The smallest absolute Gasteiger partial charge is 0.243 e. The summed E-state index contributed by atoms with van der Waals surface area (Å²) in [5, 5.41) is 6.19. The van der Waals surface area contributed by atoms with Crippen LogP contribution in [0.4, 0.5) is 0 Å². The first-order valence-corrected chi connectivity index (χ1v) is 10.0. The molecular weight excluding hydrogens is 366 g/mol. The predicted octanol–water partition coefficient (Wildman–Crippen LogP) is 2.87. The lowest BCUT2D eigenvalue weighted by Gasteiger charge is -2.25. The molecule has 2 aliphatic heterocycles. The van der Waals surface area contributed by atoms with Gasteiger partial charge in [-0.05, 0) is 42.7 Å². The van der Waals surface area contributed by atoms with Crippen LogP contribution in [-0.4, -0.2) is 53.7 Å². The lowest BCUT2D eigenvalue weighted by molar-refractivity contribution is -0.133. The first-order chi connectivity index (χ1) is 14.2. The second-order valence-electron chi connectivity index (χ2n) is 7.38. The minimum absolute atomic E-state index is 0.0194. The van der Waals surface area contributed by atoms with Crippen molar-refractivity contribution in [2.24, 2.45) is 5.10 Å². The summed E-state index contributed by atoms with van der Waals surface area (Å²) in [6, 6.07) is 17.4. The van der Waals surface area contributed by atoms with Crippen molar-refractivity contribution in [3.8, 4) is 5.75 Å². The molecule has 2 heterocycles. The molecule has 0 aromatic heterocycles. The number of hydrazone groups is 1. The first kappa shape index (κ1) is 19.2. The van der Waals surface area contributed by atoms with E-state index in [1.807, 2.05) is 59.5 Å². The molecule has 2 aromatic rings. The van der Waals surface area contributed by atoms with E-state index in [0.29, 0.717) is 32.4 Å². The summed E-state index contributed by atoms with van der Waals surface area (Å²) in [5.74, 6) is 0.876. The topological polar surface area (TPSA) is 62.2 Å². The van der Waals surface area contributed by atoms with Gasteiger partial charge in [-0.1, -0.05) is 30.3 Å². The highest BCUT2D eigenvalue weighted by Crippen LogP contribution is 2.25. The number of hydrogen-bond donors (Lipinski definition) is 0. The van der Waals surface area contributed by atoms with Crippen LogP contribution < -0.4 is 4.74 Å². The molecule has 1 fully saturated rings. The van der Waals surface area contributed by atoms with Crippen molar-refractivity contribution in [2.75, 3.05) is 20.2 Å². The number of amides is 2. The van der Waals surface area contributed by atoms with Gasteiger partial charge in [0.2, 0.25) is 11.8 Å². The largest absolute Gasteiger partial charge is 0.497 e. The Labute approximate surface area is 170 Å². The fourth-order valence-corrected chi connectivity index (χ4v) is 3.93. The number of benzene rings is 2. The molecule has 4 rings (SSSR count). The van der Waals surface area contributed by atoms with Gasteiger partial charge in [0.15, 0.2) is 0 Å². The summed E-state index contributed by atoms with van der Waals surface area (Å²) in [5.41, 5.74) is 2.82. The summed E-state index contributed by atoms with van der Waals surface area (Å²) < 4.78 is 5.24. The molecule has 6 heteroatoms. The van der Waals surface area contributed by atoms with Gasteiger partial charge in [0.05, 0.1) is 25.4 Å². The third kappa shape index (κ3) is 4.16. The van der Waals surface area contributed by atoms with Gasteiger partial charge >= 0.3 is 0 Å². The Morgan fingerprint density at radius 1 is 1.14 bits per heavy atom. The molecule has 0 aliphatic carbocycles. The van der Waals surface area contributed by atoms with Crippen molar-refractivity contribution < 1.29 is 14.3 Å². The predicted molar refractivity (Wildman–Crippen MR) is 111 cm³/mol. The van der Waals surface area contributed by atoms with E-state index in [1.54, 1.807) is 12.1 Å². The molecule has 0 spiro atoms. The van der Waals surface area contributed by atoms with Crippen LogP contribution in [0.25, 0.3) is 0 Å². The highest BCUT2D eigenvalue weighted by atomic mass is 16.5. The fraction of sp³-hybridized carbons (Fsp3) is 0.348. The first-order valence-electron chi connectivity index (χ1n) is 10.0. The van der Waals surface area contributed by atoms with E-state index in [-0.39, 0.29) is 17.9 Å². The lowest BCUT2D eigenvalue weighted by atomic mass is 10.0. The molecule has 0 radical (unpaired) electrons. The zero-order valence-electron chi connectivity index (χ0n) is 16.6. The van der Waals surface area contributed by atoms with E-state index in [0.717, 1.165) is 29.0 Å². The molecule has 1 atom stereocenters. The Morgan fingerprint density at radius 3 is 2.55 bits per heavy atom. The van der Waals surface area contributed by atoms with Crippen LogP contribution >= 0.6 is 0 Å². The summed E-state index contributed by atoms with van der Waals surface area (Å²) in [6.07, 6.45) is 2.49. The van der Waals surface area contributed by atoms with Gasteiger partial charge in [-0.3, -0.25) is 9.59 Å². The zero-order chi connectivity index (χ0) is 20.2. The second-order valence-corrected chi connectivity index (χ2v) is 7.38. The Morgan fingerprint density at radius 2 is 1.90 bits per heavy atom. The van der Waals surface area contributed by atoms with Crippen LogP contribution in [0.5, 0.6) is 5.75 Å². The van der Waals surface area contributed by atoms with Gasteiger partial charge < -0.3 is 9.64 Å². The number of methoxy groups -OCH3 is 1. The Hall–Kier alpha value is -3.15. The number of aryl methyl sites for hydroxylation is 1. The SMILES string of the molecule is COc1ccc(C2=NN(C(=O)CCc3ccccc3)CC2N2CCCC2=O)cc1. The van der Waals surface area contributed by atoms with Gasteiger partial charge in [-0.15, -0.1) is 0 Å². The molecule has 6 nitrogen and oxygen atoms in total. The number of ether oxygens (including phenoxy) is 1. The Kier molecular flexibility index (Phi) is 5.60. The molecule has 0 saturated carbocycles. The molecule has 2 amide bonds. The van der Waals surface area contributed by atoms with Gasteiger partial charge in [0.25, 0.3) is 0 Å². The van der Waals surface area contributed by atoms with Crippen LogP contribution in [0.1, 0.15) is 30.4 Å². The Bertz CT molecular complexity index is 909. The third-order valence-corrected chi connectivity index (χ3v) is 5.52. The van der Waals surface area contributed by atoms with Gasteiger partial charge in [-0.25, -0.2) is 5.01 Å². The van der Waals surface area contributed by atoms with E-state index in [4.69, 9.17) is 4.74 Å². The third-order valence-electron chi connectivity index (χ3n) is 5.52. The van der Waals surface area contributed by atoms with Crippen LogP contribution in [0.3, 0.4) is 0 Å². The average molecular weight is 391 g/mol. The maximum Gasteiger partial charge on any atom is 0.243 e. The second kappa shape index (κ2) is 8.47. The van der Waals surface area contributed by atoms with E-state index < -0.39 is 0 Å². The summed E-state index contributed by atoms with van der Waals surface area (Å²) in [6.45, 7) is 1.13. The molecule has 2 aliphatic rings. The highest BCUT2D eigenvalue weighted by molar-refractivity contribution is 6.08. The molecule has 29 heavy (non-hydrogen) atoms. The molecule has 2 aromatic carbocycles. The quantitative estimate of drug-likeness (QED) is 0.761. The number of hydrogen-bond acceptors (Lipinski definition) is 4. The van der Waals surface area contributed by atoms with E-state index in [1.165, 1.54) is 0 Å².